The van der Waals surface area contributed by atoms with Gasteiger partial charge in [-0.05, 0) is 12.8 Å². The van der Waals surface area contributed by atoms with E-state index in [1.54, 1.807) is 0 Å². The van der Waals surface area contributed by atoms with Crippen molar-refractivity contribution in [3.8, 4) is 0 Å². The lowest BCUT2D eigenvalue weighted by Crippen LogP contribution is -2.48. The van der Waals surface area contributed by atoms with Crippen molar-refractivity contribution in [2.24, 2.45) is 0 Å². The zero-order valence-corrected chi connectivity index (χ0v) is 12.6. The molecule has 0 heterocycles. The molecule has 2 heteroatoms. The Morgan fingerprint density at radius 1 is 1.00 bits per heavy atom. The van der Waals surface area contributed by atoms with Crippen LogP contribution in [0.5, 0.6) is 0 Å². The Hall–Kier alpha value is -0.893. The summed E-state index contributed by atoms with van der Waals surface area (Å²) in [4.78, 5) is 12.4. The summed E-state index contributed by atoms with van der Waals surface area (Å²) in [6, 6.07) is 10.7. The molecule has 18 heavy (non-hydrogen) atoms. The lowest BCUT2D eigenvalue weighted by Gasteiger charge is -2.33. The zero-order chi connectivity index (χ0) is 13.0. The monoisotopic (exact) mass is 260 g/mol. The second kappa shape index (κ2) is 5.83. The molecule has 1 aromatic rings. The van der Waals surface area contributed by atoms with Gasteiger partial charge in [0.1, 0.15) is 5.78 Å². The fourth-order valence-electron chi connectivity index (χ4n) is 3.17. The van der Waals surface area contributed by atoms with Crippen molar-refractivity contribution in [2.75, 3.05) is 0 Å². The molecular formula is C16H24OSi. The van der Waals surface area contributed by atoms with Crippen LogP contribution in [0, 0.1) is 0 Å². The standard InChI is InChI=1S/C16H24OSi/c1-18(2,14-10-6-5-7-11-14)16-13-9-4-3-8-12-15(16)17/h5-7,10-11,16H,3-4,8-9,12-13H2,1-2H3/t16-/m0/s1. The van der Waals surface area contributed by atoms with Gasteiger partial charge < -0.3 is 0 Å². The van der Waals surface area contributed by atoms with E-state index in [2.05, 4.69) is 43.4 Å². The number of rotatable bonds is 2. The van der Waals surface area contributed by atoms with Crippen molar-refractivity contribution in [2.45, 2.75) is 57.2 Å². The minimum atomic E-state index is -1.65. The van der Waals surface area contributed by atoms with Crippen molar-refractivity contribution in [3.05, 3.63) is 30.3 Å². The third kappa shape index (κ3) is 2.92. The highest BCUT2D eigenvalue weighted by Crippen LogP contribution is 2.32. The molecule has 2 rings (SSSR count). The molecular weight excluding hydrogens is 236 g/mol. The van der Waals surface area contributed by atoms with Crippen LogP contribution in [0.4, 0.5) is 0 Å². The number of hydrogen-bond donors (Lipinski definition) is 0. The molecule has 0 saturated heterocycles. The molecule has 1 atom stereocenters. The summed E-state index contributed by atoms with van der Waals surface area (Å²) < 4.78 is 0. The molecule has 0 bridgehead atoms. The van der Waals surface area contributed by atoms with Gasteiger partial charge in [-0.1, -0.05) is 67.9 Å². The van der Waals surface area contributed by atoms with Crippen LogP contribution < -0.4 is 5.19 Å². The Morgan fingerprint density at radius 3 is 2.39 bits per heavy atom. The molecule has 1 nitrogen and oxygen atoms in total. The van der Waals surface area contributed by atoms with Crippen LogP contribution in [0.25, 0.3) is 0 Å². The minimum Gasteiger partial charge on any atom is -0.300 e. The second-order valence-corrected chi connectivity index (χ2v) is 10.8. The minimum absolute atomic E-state index is 0.334. The van der Waals surface area contributed by atoms with Crippen molar-refractivity contribution in [1.82, 2.24) is 0 Å². The van der Waals surface area contributed by atoms with Crippen LogP contribution in [0.15, 0.2) is 30.3 Å². The first-order chi connectivity index (χ1) is 8.62. The van der Waals surface area contributed by atoms with Gasteiger partial charge in [0.15, 0.2) is 0 Å². The summed E-state index contributed by atoms with van der Waals surface area (Å²) in [6.45, 7) is 4.74. The molecule has 0 aliphatic heterocycles. The van der Waals surface area contributed by atoms with Gasteiger partial charge >= 0.3 is 0 Å². The molecule has 1 saturated carbocycles. The van der Waals surface area contributed by atoms with Gasteiger partial charge in [0.05, 0.1) is 8.07 Å². The fourth-order valence-corrected chi connectivity index (χ4v) is 6.50. The molecule has 1 aromatic carbocycles. The third-order valence-corrected chi connectivity index (χ3v) is 8.62. The highest BCUT2D eigenvalue weighted by Gasteiger charge is 2.37. The number of ketones is 1. The Bertz CT molecular complexity index is 397. The van der Waals surface area contributed by atoms with E-state index >= 15 is 0 Å². The summed E-state index contributed by atoms with van der Waals surface area (Å²) in [6.07, 6.45) is 6.82. The second-order valence-electron chi connectivity index (χ2n) is 6.06. The lowest BCUT2D eigenvalue weighted by atomic mass is 9.99. The van der Waals surface area contributed by atoms with E-state index < -0.39 is 8.07 Å². The largest absolute Gasteiger partial charge is 0.300 e. The van der Waals surface area contributed by atoms with Crippen molar-refractivity contribution < 1.29 is 4.79 Å². The highest BCUT2D eigenvalue weighted by molar-refractivity contribution is 6.93. The topological polar surface area (TPSA) is 17.1 Å². The molecule has 0 unspecified atom stereocenters. The Balaban J connectivity index is 2.23. The SMILES string of the molecule is C[Si](C)(c1ccccc1)[C@H]1CCCCCCC1=O. The summed E-state index contributed by atoms with van der Waals surface area (Å²) in [5.74, 6) is 0.537. The molecule has 1 aliphatic rings. The van der Waals surface area contributed by atoms with Gasteiger partial charge in [-0.15, -0.1) is 0 Å². The van der Waals surface area contributed by atoms with E-state index in [0.717, 1.165) is 19.3 Å². The average Bonchev–Trinajstić information content (AvgIpc) is 2.35. The Morgan fingerprint density at radius 2 is 1.67 bits per heavy atom. The molecule has 0 spiro atoms. The molecule has 0 amide bonds. The lowest BCUT2D eigenvalue weighted by molar-refractivity contribution is -0.119. The number of hydrogen-bond acceptors (Lipinski definition) is 1. The normalized spacial score (nSPS) is 22.3. The smallest absolute Gasteiger partial charge is 0.133 e. The van der Waals surface area contributed by atoms with Crippen LogP contribution in [-0.2, 0) is 4.79 Å². The van der Waals surface area contributed by atoms with E-state index in [4.69, 9.17) is 0 Å². The van der Waals surface area contributed by atoms with Gasteiger partial charge in [0, 0.05) is 12.0 Å². The first-order valence-electron chi connectivity index (χ1n) is 7.20. The predicted octanol–water partition coefficient (Wildman–Crippen LogP) is 3.90. The molecule has 0 N–H and O–H groups in total. The maximum atomic E-state index is 12.4. The Kier molecular flexibility index (Phi) is 4.39. The van der Waals surface area contributed by atoms with E-state index in [9.17, 15) is 4.79 Å². The molecule has 0 aromatic heterocycles. The summed E-state index contributed by atoms with van der Waals surface area (Å²) in [5, 5.41) is 1.43. The van der Waals surface area contributed by atoms with E-state index in [0.29, 0.717) is 11.3 Å². The van der Waals surface area contributed by atoms with Crippen LogP contribution in [0.3, 0.4) is 0 Å². The molecule has 0 radical (unpaired) electrons. The van der Waals surface area contributed by atoms with Crippen molar-refractivity contribution >= 4 is 19.0 Å². The third-order valence-electron chi connectivity index (χ3n) is 4.44. The predicted molar refractivity (Wildman–Crippen MR) is 80.0 cm³/mol. The van der Waals surface area contributed by atoms with Gasteiger partial charge in [0.2, 0.25) is 0 Å². The number of Topliss-reactive ketones (excluding diaryl/α,β-unsaturated/α-hetero) is 1. The number of carbonyl (C=O) groups is 1. The quantitative estimate of drug-likeness (QED) is 0.737. The average molecular weight is 260 g/mol. The van der Waals surface area contributed by atoms with Gasteiger partial charge in [-0.25, -0.2) is 0 Å². The van der Waals surface area contributed by atoms with Gasteiger partial charge in [-0.2, -0.15) is 0 Å². The van der Waals surface area contributed by atoms with Crippen LogP contribution >= 0.6 is 0 Å². The number of benzene rings is 1. The molecule has 98 valence electrons. The first kappa shape index (κ1) is 13.5. The first-order valence-corrected chi connectivity index (χ1v) is 10.3. The van der Waals surface area contributed by atoms with E-state index in [1.165, 1.54) is 24.4 Å². The van der Waals surface area contributed by atoms with Gasteiger partial charge in [-0.3, -0.25) is 4.79 Å². The highest BCUT2D eigenvalue weighted by atomic mass is 28.3. The fraction of sp³-hybridized carbons (Fsp3) is 0.562. The van der Waals surface area contributed by atoms with Crippen LogP contribution in [0.1, 0.15) is 38.5 Å². The molecule has 1 fully saturated rings. The maximum absolute atomic E-state index is 12.4. The Labute approximate surface area is 112 Å². The maximum Gasteiger partial charge on any atom is 0.133 e. The summed E-state index contributed by atoms with van der Waals surface area (Å²) in [7, 11) is -1.65. The van der Waals surface area contributed by atoms with Crippen LogP contribution in [0.2, 0.25) is 18.6 Å². The summed E-state index contributed by atoms with van der Waals surface area (Å²) >= 11 is 0. The van der Waals surface area contributed by atoms with E-state index in [-0.39, 0.29) is 0 Å². The molecule has 1 aliphatic carbocycles. The zero-order valence-electron chi connectivity index (χ0n) is 11.6. The summed E-state index contributed by atoms with van der Waals surface area (Å²) in [5.41, 5.74) is 0.334. The van der Waals surface area contributed by atoms with Crippen molar-refractivity contribution in [3.63, 3.8) is 0 Å². The van der Waals surface area contributed by atoms with E-state index in [1.807, 2.05) is 0 Å². The van der Waals surface area contributed by atoms with Crippen molar-refractivity contribution in [1.29, 1.82) is 0 Å². The number of carbonyl (C=O) groups excluding carboxylic acids is 1. The van der Waals surface area contributed by atoms with Crippen LogP contribution in [-0.4, -0.2) is 13.9 Å². The van der Waals surface area contributed by atoms with Gasteiger partial charge in [0.25, 0.3) is 0 Å².